The molecule has 0 aromatic rings. The van der Waals surface area contributed by atoms with E-state index in [1.165, 1.54) is 0 Å². The summed E-state index contributed by atoms with van der Waals surface area (Å²) in [7, 11) is 1.98. The molecule has 0 spiro atoms. The standard InChI is InChI=1S/C15H34N2O/c1-13(2)17-12-14(3,4)9-11-18-15(5,6)8-10-16-7/h13,16-17H,8-12H2,1-7H3. The van der Waals surface area contributed by atoms with Gasteiger partial charge in [0.05, 0.1) is 5.60 Å². The second-order valence-corrected chi connectivity index (χ2v) is 6.91. The topological polar surface area (TPSA) is 33.3 Å². The minimum absolute atomic E-state index is 0.0232. The normalized spacial score (nSPS) is 13.3. The highest BCUT2D eigenvalue weighted by molar-refractivity contribution is 4.75. The lowest BCUT2D eigenvalue weighted by Crippen LogP contribution is -2.36. The summed E-state index contributed by atoms with van der Waals surface area (Å²) < 4.78 is 6.01. The van der Waals surface area contributed by atoms with Crippen molar-refractivity contribution in [2.45, 2.75) is 66.0 Å². The first-order valence-electron chi connectivity index (χ1n) is 7.20. The van der Waals surface area contributed by atoms with Gasteiger partial charge in [0.1, 0.15) is 0 Å². The van der Waals surface area contributed by atoms with Crippen LogP contribution in [0.25, 0.3) is 0 Å². The molecule has 0 aromatic heterocycles. The van der Waals surface area contributed by atoms with E-state index in [0.29, 0.717) is 11.5 Å². The van der Waals surface area contributed by atoms with Crippen molar-refractivity contribution in [2.75, 3.05) is 26.7 Å². The third-order valence-corrected chi connectivity index (χ3v) is 3.24. The van der Waals surface area contributed by atoms with Crippen molar-refractivity contribution in [3.8, 4) is 0 Å². The van der Waals surface area contributed by atoms with Crippen LogP contribution in [0.2, 0.25) is 0 Å². The fraction of sp³-hybridized carbons (Fsp3) is 1.00. The Morgan fingerprint density at radius 2 is 1.67 bits per heavy atom. The molecule has 0 bridgehead atoms. The van der Waals surface area contributed by atoms with Crippen molar-refractivity contribution >= 4 is 0 Å². The lowest BCUT2D eigenvalue weighted by molar-refractivity contribution is -0.0335. The molecule has 0 saturated heterocycles. The summed E-state index contributed by atoms with van der Waals surface area (Å²) in [5, 5.41) is 6.68. The van der Waals surface area contributed by atoms with Gasteiger partial charge in [0.15, 0.2) is 0 Å². The minimum Gasteiger partial charge on any atom is -0.376 e. The molecular formula is C15H34N2O. The molecule has 0 saturated carbocycles. The van der Waals surface area contributed by atoms with Gasteiger partial charge in [-0.1, -0.05) is 27.7 Å². The molecule has 3 nitrogen and oxygen atoms in total. The molecule has 0 aliphatic carbocycles. The van der Waals surface area contributed by atoms with Crippen LogP contribution in [0.4, 0.5) is 0 Å². The summed E-state index contributed by atoms with van der Waals surface area (Å²) in [6.45, 7) is 16.2. The minimum atomic E-state index is -0.0232. The van der Waals surface area contributed by atoms with E-state index in [0.717, 1.165) is 32.5 Å². The maximum atomic E-state index is 6.01. The van der Waals surface area contributed by atoms with E-state index in [2.05, 4.69) is 52.2 Å². The van der Waals surface area contributed by atoms with Crippen molar-refractivity contribution < 1.29 is 4.74 Å². The smallest absolute Gasteiger partial charge is 0.0638 e. The molecule has 110 valence electrons. The summed E-state index contributed by atoms with van der Waals surface area (Å²) >= 11 is 0. The van der Waals surface area contributed by atoms with Crippen LogP contribution in [0.3, 0.4) is 0 Å². The monoisotopic (exact) mass is 258 g/mol. The van der Waals surface area contributed by atoms with E-state index in [4.69, 9.17) is 4.74 Å². The molecule has 2 N–H and O–H groups in total. The average molecular weight is 258 g/mol. The maximum absolute atomic E-state index is 6.01. The zero-order chi connectivity index (χ0) is 14.2. The Kier molecular flexibility index (Phi) is 8.08. The number of nitrogens with one attached hydrogen (secondary N) is 2. The van der Waals surface area contributed by atoms with Crippen molar-refractivity contribution in [1.82, 2.24) is 10.6 Å². The van der Waals surface area contributed by atoms with Crippen molar-refractivity contribution in [2.24, 2.45) is 5.41 Å². The molecule has 3 heteroatoms. The van der Waals surface area contributed by atoms with Gasteiger partial charge in [-0.05, 0) is 45.7 Å². The molecule has 0 rings (SSSR count). The number of ether oxygens (including phenoxy) is 1. The Morgan fingerprint density at radius 1 is 1.06 bits per heavy atom. The quantitative estimate of drug-likeness (QED) is 0.632. The van der Waals surface area contributed by atoms with Crippen LogP contribution in [0.15, 0.2) is 0 Å². The predicted molar refractivity (Wildman–Crippen MR) is 80.1 cm³/mol. The fourth-order valence-corrected chi connectivity index (χ4v) is 1.67. The Morgan fingerprint density at radius 3 is 2.17 bits per heavy atom. The van der Waals surface area contributed by atoms with Gasteiger partial charge in [0.2, 0.25) is 0 Å². The highest BCUT2D eigenvalue weighted by Gasteiger charge is 2.21. The van der Waals surface area contributed by atoms with Crippen LogP contribution < -0.4 is 10.6 Å². The van der Waals surface area contributed by atoms with Gasteiger partial charge in [-0.15, -0.1) is 0 Å². The molecule has 18 heavy (non-hydrogen) atoms. The summed E-state index contributed by atoms with van der Waals surface area (Å²) in [6.07, 6.45) is 2.14. The molecular weight excluding hydrogens is 224 g/mol. The van der Waals surface area contributed by atoms with Gasteiger partial charge >= 0.3 is 0 Å². The molecule has 0 aliphatic heterocycles. The van der Waals surface area contributed by atoms with Gasteiger partial charge in [-0.3, -0.25) is 0 Å². The zero-order valence-corrected chi connectivity index (χ0v) is 13.5. The maximum Gasteiger partial charge on any atom is 0.0638 e. The SMILES string of the molecule is CNCCC(C)(C)OCCC(C)(C)CNC(C)C. The van der Waals surface area contributed by atoms with Gasteiger partial charge in [0.25, 0.3) is 0 Å². The van der Waals surface area contributed by atoms with E-state index in [-0.39, 0.29) is 5.60 Å². The molecule has 0 radical (unpaired) electrons. The molecule has 0 aliphatic rings. The summed E-state index contributed by atoms with van der Waals surface area (Å²) in [5.74, 6) is 0. The Balaban J connectivity index is 3.86. The van der Waals surface area contributed by atoms with Gasteiger partial charge in [-0.2, -0.15) is 0 Å². The Labute approximate surface area is 114 Å². The van der Waals surface area contributed by atoms with Crippen molar-refractivity contribution in [3.05, 3.63) is 0 Å². The van der Waals surface area contributed by atoms with Crippen molar-refractivity contribution in [3.63, 3.8) is 0 Å². The van der Waals surface area contributed by atoms with Gasteiger partial charge in [0, 0.05) is 19.2 Å². The second kappa shape index (κ2) is 8.13. The van der Waals surface area contributed by atoms with E-state index < -0.39 is 0 Å². The second-order valence-electron chi connectivity index (χ2n) is 6.91. The van der Waals surface area contributed by atoms with Crippen LogP contribution in [0.5, 0.6) is 0 Å². The van der Waals surface area contributed by atoms with E-state index in [1.807, 2.05) is 7.05 Å². The number of hydrogen-bond acceptors (Lipinski definition) is 3. The van der Waals surface area contributed by atoms with Crippen LogP contribution >= 0.6 is 0 Å². The highest BCUT2D eigenvalue weighted by Crippen LogP contribution is 2.22. The van der Waals surface area contributed by atoms with E-state index in [9.17, 15) is 0 Å². The first-order valence-corrected chi connectivity index (χ1v) is 7.20. The van der Waals surface area contributed by atoms with Gasteiger partial charge in [-0.25, -0.2) is 0 Å². The summed E-state index contributed by atoms with van der Waals surface area (Å²) in [6, 6.07) is 0.553. The van der Waals surface area contributed by atoms with E-state index in [1.54, 1.807) is 0 Å². The highest BCUT2D eigenvalue weighted by atomic mass is 16.5. The zero-order valence-electron chi connectivity index (χ0n) is 13.5. The lowest BCUT2D eigenvalue weighted by atomic mass is 9.89. The first-order chi connectivity index (χ1) is 8.18. The number of rotatable bonds is 10. The molecule has 0 atom stereocenters. The third-order valence-electron chi connectivity index (χ3n) is 3.24. The molecule has 0 fully saturated rings. The van der Waals surface area contributed by atoms with E-state index >= 15 is 0 Å². The largest absolute Gasteiger partial charge is 0.376 e. The van der Waals surface area contributed by atoms with Crippen molar-refractivity contribution in [1.29, 1.82) is 0 Å². The van der Waals surface area contributed by atoms with Gasteiger partial charge < -0.3 is 15.4 Å². The first kappa shape index (κ1) is 17.9. The number of hydrogen-bond donors (Lipinski definition) is 2. The molecule has 0 unspecified atom stereocenters. The lowest BCUT2D eigenvalue weighted by Gasteiger charge is -2.30. The Bertz CT molecular complexity index is 213. The van der Waals surface area contributed by atoms with Crippen LogP contribution in [-0.2, 0) is 4.74 Å². The predicted octanol–water partition coefficient (Wildman–Crippen LogP) is 2.81. The fourth-order valence-electron chi connectivity index (χ4n) is 1.67. The van der Waals surface area contributed by atoms with Crippen LogP contribution in [0.1, 0.15) is 54.4 Å². The summed E-state index contributed by atoms with van der Waals surface area (Å²) in [5.41, 5.74) is 0.272. The molecule has 0 heterocycles. The van der Waals surface area contributed by atoms with Crippen LogP contribution in [-0.4, -0.2) is 38.4 Å². The average Bonchev–Trinajstić information content (AvgIpc) is 2.23. The van der Waals surface area contributed by atoms with Crippen LogP contribution in [0, 0.1) is 5.41 Å². The molecule has 0 aromatic carbocycles. The summed E-state index contributed by atoms with van der Waals surface area (Å²) in [4.78, 5) is 0. The third kappa shape index (κ3) is 9.86. The Hall–Kier alpha value is -0.120. The molecule has 0 amide bonds.